The van der Waals surface area contributed by atoms with Crippen LogP contribution in [0.25, 0.3) is 0 Å². The van der Waals surface area contributed by atoms with Crippen molar-refractivity contribution < 1.29 is 4.74 Å². The summed E-state index contributed by atoms with van der Waals surface area (Å²) in [5.74, 6) is 0. The van der Waals surface area contributed by atoms with Crippen LogP contribution in [0, 0.1) is 0 Å². The Morgan fingerprint density at radius 3 is 2.89 bits per heavy atom. The van der Waals surface area contributed by atoms with Crippen molar-refractivity contribution in [3.8, 4) is 0 Å². The highest BCUT2D eigenvalue weighted by atomic mass is 79.9. The molecule has 1 saturated heterocycles. The summed E-state index contributed by atoms with van der Waals surface area (Å²) in [6.45, 7) is 7.03. The number of halogens is 2. The van der Waals surface area contributed by atoms with E-state index in [0.717, 1.165) is 54.7 Å². The first-order valence-electron chi connectivity index (χ1n) is 6.20. The Morgan fingerprint density at radius 1 is 1.44 bits per heavy atom. The monoisotopic (exact) mass is 352 g/mol. The lowest BCUT2D eigenvalue weighted by atomic mass is 10.3. The summed E-state index contributed by atoms with van der Waals surface area (Å²) in [5.41, 5.74) is 0. The van der Waals surface area contributed by atoms with Crippen molar-refractivity contribution in [2.75, 3.05) is 39.4 Å². The third kappa shape index (κ3) is 4.79. The van der Waals surface area contributed by atoms with Crippen molar-refractivity contribution in [1.29, 1.82) is 0 Å². The maximum absolute atomic E-state index is 6.00. The number of hydrogen-bond acceptors (Lipinski definition) is 4. The van der Waals surface area contributed by atoms with Gasteiger partial charge in [0.25, 0.3) is 0 Å². The predicted octanol–water partition coefficient (Wildman–Crippen LogP) is 2.98. The summed E-state index contributed by atoms with van der Waals surface area (Å²) >= 11 is 11.0. The molecule has 0 aromatic carbocycles. The summed E-state index contributed by atoms with van der Waals surface area (Å²) in [6.07, 6.45) is 1.18. The molecule has 0 amide bonds. The highest BCUT2D eigenvalue weighted by molar-refractivity contribution is 9.10. The van der Waals surface area contributed by atoms with Crippen LogP contribution in [-0.4, -0.2) is 44.3 Å². The van der Waals surface area contributed by atoms with Crippen LogP contribution in [0.15, 0.2) is 10.5 Å². The fourth-order valence-electron chi connectivity index (χ4n) is 1.94. The average molecular weight is 354 g/mol. The maximum atomic E-state index is 6.00. The van der Waals surface area contributed by atoms with E-state index in [4.69, 9.17) is 16.3 Å². The molecule has 0 spiro atoms. The molecule has 2 rings (SSSR count). The van der Waals surface area contributed by atoms with Crippen molar-refractivity contribution in [3.63, 3.8) is 0 Å². The molecule has 0 radical (unpaired) electrons. The van der Waals surface area contributed by atoms with Crippen LogP contribution in [0.3, 0.4) is 0 Å². The zero-order valence-electron chi connectivity index (χ0n) is 10.3. The van der Waals surface area contributed by atoms with Gasteiger partial charge in [0, 0.05) is 29.0 Å². The van der Waals surface area contributed by atoms with Gasteiger partial charge in [-0.05, 0) is 41.5 Å². The quantitative estimate of drug-likeness (QED) is 0.796. The van der Waals surface area contributed by atoms with Crippen LogP contribution in [0.5, 0.6) is 0 Å². The van der Waals surface area contributed by atoms with Gasteiger partial charge >= 0.3 is 0 Å². The second kappa shape index (κ2) is 7.82. The van der Waals surface area contributed by atoms with Crippen molar-refractivity contribution in [3.05, 3.63) is 19.8 Å². The Labute approximate surface area is 126 Å². The number of thiophene rings is 1. The maximum Gasteiger partial charge on any atom is 0.107 e. The molecule has 0 bridgehead atoms. The van der Waals surface area contributed by atoms with E-state index >= 15 is 0 Å². The lowest BCUT2D eigenvalue weighted by Gasteiger charge is -2.26. The van der Waals surface area contributed by atoms with E-state index in [0.29, 0.717) is 0 Å². The molecular formula is C12H18BrClN2OS. The molecule has 0 saturated carbocycles. The Balaban J connectivity index is 1.55. The first-order valence-corrected chi connectivity index (χ1v) is 8.19. The van der Waals surface area contributed by atoms with Gasteiger partial charge < -0.3 is 10.1 Å². The molecule has 1 aliphatic heterocycles. The second-order valence-electron chi connectivity index (χ2n) is 4.32. The molecule has 0 atom stereocenters. The van der Waals surface area contributed by atoms with Crippen molar-refractivity contribution in [1.82, 2.24) is 10.2 Å². The van der Waals surface area contributed by atoms with E-state index in [9.17, 15) is 0 Å². The van der Waals surface area contributed by atoms with Crippen LogP contribution in [0.4, 0.5) is 0 Å². The molecule has 2 heterocycles. The number of hydrogen-bond donors (Lipinski definition) is 1. The normalized spacial score (nSPS) is 17.2. The van der Waals surface area contributed by atoms with Crippen molar-refractivity contribution in [2.45, 2.75) is 13.0 Å². The van der Waals surface area contributed by atoms with Gasteiger partial charge in [0.1, 0.15) is 4.34 Å². The zero-order chi connectivity index (χ0) is 12.8. The summed E-state index contributed by atoms with van der Waals surface area (Å²) in [6, 6.07) is 2.09. The topological polar surface area (TPSA) is 24.5 Å². The minimum atomic E-state index is 0.833. The van der Waals surface area contributed by atoms with Crippen LogP contribution in [0.1, 0.15) is 11.3 Å². The minimum Gasteiger partial charge on any atom is -0.379 e. The fourth-order valence-corrected chi connectivity index (χ4v) is 3.70. The van der Waals surface area contributed by atoms with Crippen molar-refractivity contribution in [2.24, 2.45) is 0 Å². The Morgan fingerprint density at radius 2 is 2.22 bits per heavy atom. The standard InChI is InChI=1S/C12H18BrClN2OS/c13-11-8-10(18-12(11)14)9-15-2-1-3-16-4-6-17-7-5-16/h8,15H,1-7,9H2. The van der Waals surface area contributed by atoms with Gasteiger partial charge in [-0.25, -0.2) is 0 Å². The SMILES string of the molecule is Clc1sc(CNCCCN2CCOCC2)cc1Br. The van der Waals surface area contributed by atoms with Gasteiger partial charge in [-0.3, -0.25) is 4.90 Å². The third-order valence-corrected chi connectivity index (χ3v) is 5.40. The summed E-state index contributed by atoms with van der Waals surface area (Å²) in [7, 11) is 0. The summed E-state index contributed by atoms with van der Waals surface area (Å²) < 4.78 is 7.16. The zero-order valence-corrected chi connectivity index (χ0v) is 13.4. The van der Waals surface area contributed by atoms with E-state index in [1.807, 2.05) is 0 Å². The first-order chi connectivity index (χ1) is 8.75. The van der Waals surface area contributed by atoms with Crippen LogP contribution >= 0.6 is 38.9 Å². The van der Waals surface area contributed by atoms with Gasteiger partial charge in [0.15, 0.2) is 0 Å². The molecule has 102 valence electrons. The lowest BCUT2D eigenvalue weighted by Crippen LogP contribution is -2.37. The van der Waals surface area contributed by atoms with Gasteiger partial charge in [0.05, 0.1) is 13.2 Å². The van der Waals surface area contributed by atoms with E-state index < -0.39 is 0 Å². The highest BCUT2D eigenvalue weighted by Crippen LogP contribution is 2.31. The third-order valence-electron chi connectivity index (χ3n) is 2.93. The predicted molar refractivity (Wildman–Crippen MR) is 80.6 cm³/mol. The van der Waals surface area contributed by atoms with Crippen LogP contribution < -0.4 is 5.32 Å². The van der Waals surface area contributed by atoms with Crippen molar-refractivity contribution >= 4 is 38.9 Å². The molecule has 1 aromatic rings. The number of nitrogens with one attached hydrogen (secondary N) is 1. The molecular weight excluding hydrogens is 336 g/mol. The number of ether oxygens (including phenoxy) is 1. The molecule has 1 N–H and O–H groups in total. The second-order valence-corrected chi connectivity index (χ2v) is 6.91. The van der Waals surface area contributed by atoms with Crippen LogP contribution in [0.2, 0.25) is 4.34 Å². The summed E-state index contributed by atoms with van der Waals surface area (Å²) in [4.78, 5) is 3.74. The lowest BCUT2D eigenvalue weighted by molar-refractivity contribution is 0.0374. The molecule has 3 nitrogen and oxygen atoms in total. The average Bonchev–Trinajstić information content (AvgIpc) is 2.70. The van der Waals surface area contributed by atoms with Gasteiger partial charge in [-0.1, -0.05) is 11.6 Å². The molecule has 1 fully saturated rings. The summed E-state index contributed by atoms with van der Waals surface area (Å²) in [5, 5.41) is 3.45. The van der Waals surface area contributed by atoms with E-state index in [1.54, 1.807) is 11.3 Å². The number of nitrogens with zero attached hydrogens (tertiary/aromatic N) is 1. The van der Waals surface area contributed by atoms with E-state index in [-0.39, 0.29) is 0 Å². The largest absolute Gasteiger partial charge is 0.379 e. The smallest absolute Gasteiger partial charge is 0.107 e. The molecule has 1 aromatic heterocycles. The molecule has 6 heteroatoms. The highest BCUT2D eigenvalue weighted by Gasteiger charge is 2.09. The number of rotatable bonds is 6. The molecule has 18 heavy (non-hydrogen) atoms. The number of morpholine rings is 1. The van der Waals surface area contributed by atoms with Gasteiger partial charge in [-0.15, -0.1) is 11.3 Å². The minimum absolute atomic E-state index is 0.833. The van der Waals surface area contributed by atoms with Crippen LogP contribution in [-0.2, 0) is 11.3 Å². The van der Waals surface area contributed by atoms with E-state index in [2.05, 4.69) is 32.2 Å². The molecule has 1 aliphatic rings. The Kier molecular flexibility index (Phi) is 6.41. The molecule has 0 unspecified atom stereocenters. The van der Waals surface area contributed by atoms with Gasteiger partial charge in [0.2, 0.25) is 0 Å². The fraction of sp³-hybridized carbons (Fsp3) is 0.667. The van der Waals surface area contributed by atoms with E-state index in [1.165, 1.54) is 11.3 Å². The first kappa shape index (κ1) is 14.8. The van der Waals surface area contributed by atoms with Gasteiger partial charge in [-0.2, -0.15) is 0 Å². The Bertz CT molecular complexity index is 349. The molecule has 0 aliphatic carbocycles. The Hall–Kier alpha value is 0.350.